The molecule has 0 aromatic heterocycles. The number of rotatable bonds is 3. The van der Waals surface area contributed by atoms with E-state index < -0.39 is 0 Å². The number of nitrogens with one attached hydrogen (secondary N) is 1. The maximum atomic E-state index is 13.0. The first-order valence-electron chi connectivity index (χ1n) is 9.07. The summed E-state index contributed by atoms with van der Waals surface area (Å²) in [6.07, 6.45) is 0. The highest BCUT2D eigenvalue weighted by Crippen LogP contribution is 2.19. The molecule has 1 fully saturated rings. The Balaban J connectivity index is 1.64. The quantitative estimate of drug-likeness (QED) is 0.886. The molecule has 6 nitrogen and oxygen atoms in total. The number of benzene rings is 2. The number of carbonyl (C=O) groups excluding carboxylic acids is 3. The summed E-state index contributed by atoms with van der Waals surface area (Å²) in [6, 6.07) is 10.7. The monoisotopic (exact) mass is 383 g/mol. The molecule has 0 bridgehead atoms. The smallest absolute Gasteiger partial charge is 0.254 e. The Morgan fingerprint density at radius 3 is 1.89 bits per heavy atom. The Labute approximate surface area is 162 Å². The van der Waals surface area contributed by atoms with Crippen LogP contribution in [0.5, 0.6) is 0 Å². The molecule has 1 saturated heterocycles. The zero-order valence-corrected chi connectivity index (χ0v) is 15.9. The molecule has 7 heteroatoms. The van der Waals surface area contributed by atoms with E-state index >= 15 is 0 Å². The summed E-state index contributed by atoms with van der Waals surface area (Å²) in [5.41, 5.74) is 2.41. The fourth-order valence-corrected chi connectivity index (χ4v) is 3.15. The predicted octanol–water partition coefficient (Wildman–Crippen LogP) is 2.69. The molecule has 1 heterocycles. The Hall–Kier alpha value is -3.22. The van der Waals surface area contributed by atoms with Gasteiger partial charge in [0.25, 0.3) is 11.8 Å². The van der Waals surface area contributed by atoms with Gasteiger partial charge in [0.2, 0.25) is 5.91 Å². The van der Waals surface area contributed by atoms with Gasteiger partial charge in [-0.1, -0.05) is 6.07 Å². The van der Waals surface area contributed by atoms with Crippen molar-refractivity contribution in [3.63, 3.8) is 0 Å². The summed E-state index contributed by atoms with van der Waals surface area (Å²) in [5.74, 6) is -0.889. The van der Waals surface area contributed by atoms with Crippen molar-refractivity contribution in [2.24, 2.45) is 0 Å². The number of amides is 3. The van der Waals surface area contributed by atoms with Crippen LogP contribution in [-0.4, -0.2) is 53.7 Å². The van der Waals surface area contributed by atoms with Crippen molar-refractivity contribution < 1.29 is 18.8 Å². The average Bonchev–Trinajstić information content (AvgIpc) is 2.69. The summed E-state index contributed by atoms with van der Waals surface area (Å²) in [4.78, 5) is 40.0. The Kier molecular flexibility index (Phi) is 5.73. The van der Waals surface area contributed by atoms with Crippen LogP contribution >= 0.6 is 0 Å². The van der Waals surface area contributed by atoms with Crippen molar-refractivity contribution in [2.75, 3.05) is 31.5 Å². The summed E-state index contributed by atoms with van der Waals surface area (Å²) in [6.45, 7) is 4.92. The molecule has 0 atom stereocenters. The van der Waals surface area contributed by atoms with E-state index in [1.54, 1.807) is 28.0 Å². The fraction of sp³-hybridized carbons (Fsp3) is 0.286. The first-order valence-corrected chi connectivity index (χ1v) is 9.07. The molecule has 0 spiro atoms. The minimum atomic E-state index is -0.385. The van der Waals surface area contributed by atoms with Crippen LogP contribution in [0, 0.1) is 12.7 Å². The van der Waals surface area contributed by atoms with Gasteiger partial charge in [0.05, 0.1) is 0 Å². The molecule has 0 saturated carbocycles. The third kappa shape index (κ3) is 4.36. The number of aryl methyl sites for hydroxylation is 1. The van der Waals surface area contributed by atoms with Crippen LogP contribution in [0.2, 0.25) is 0 Å². The molecule has 1 N–H and O–H groups in total. The molecule has 28 heavy (non-hydrogen) atoms. The summed E-state index contributed by atoms with van der Waals surface area (Å²) in [7, 11) is 0. The Morgan fingerprint density at radius 1 is 0.857 bits per heavy atom. The third-order valence-electron chi connectivity index (χ3n) is 4.74. The largest absolute Gasteiger partial charge is 0.335 e. The molecule has 3 amide bonds. The van der Waals surface area contributed by atoms with E-state index in [1.807, 2.05) is 6.92 Å². The van der Waals surface area contributed by atoms with Gasteiger partial charge in [0, 0.05) is 49.9 Å². The second-order valence-electron chi connectivity index (χ2n) is 6.80. The van der Waals surface area contributed by atoms with Crippen LogP contribution < -0.4 is 5.32 Å². The summed E-state index contributed by atoms with van der Waals surface area (Å²) in [5, 5.41) is 2.73. The number of hydrogen-bond donors (Lipinski definition) is 1. The van der Waals surface area contributed by atoms with Gasteiger partial charge in [-0.05, 0) is 48.9 Å². The molecule has 0 radical (unpaired) electrons. The molecular formula is C21H22FN3O3. The maximum absolute atomic E-state index is 13.0. The van der Waals surface area contributed by atoms with Crippen LogP contribution in [0.15, 0.2) is 42.5 Å². The second kappa shape index (κ2) is 8.21. The highest BCUT2D eigenvalue weighted by atomic mass is 19.1. The normalized spacial score (nSPS) is 14.0. The first kappa shape index (κ1) is 19.5. The van der Waals surface area contributed by atoms with Crippen LogP contribution in [-0.2, 0) is 4.79 Å². The summed E-state index contributed by atoms with van der Waals surface area (Å²) < 4.78 is 13.0. The van der Waals surface area contributed by atoms with Crippen LogP contribution in [0.3, 0.4) is 0 Å². The first-order chi connectivity index (χ1) is 13.3. The number of halogens is 1. The third-order valence-corrected chi connectivity index (χ3v) is 4.74. The van der Waals surface area contributed by atoms with Crippen molar-refractivity contribution in [1.29, 1.82) is 0 Å². The molecular weight excluding hydrogens is 361 g/mol. The summed E-state index contributed by atoms with van der Waals surface area (Å²) >= 11 is 0. The van der Waals surface area contributed by atoms with E-state index in [1.165, 1.54) is 31.2 Å². The van der Waals surface area contributed by atoms with Crippen molar-refractivity contribution in [3.8, 4) is 0 Å². The molecule has 0 aliphatic carbocycles. The van der Waals surface area contributed by atoms with Crippen LogP contribution in [0.1, 0.15) is 33.2 Å². The minimum absolute atomic E-state index is 0.138. The molecule has 2 aromatic carbocycles. The fourth-order valence-electron chi connectivity index (χ4n) is 3.15. The number of nitrogens with zero attached hydrogens (tertiary/aromatic N) is 2. The van der Waals surface area contributed by atoms with Crippen molar-refractivity contribution in [2.45, 2.75) is 13.8 Å². The molecule has 0 unspecified atom stereocenters. The van der Waals surface area contributed by atoms with Crippen molar-refractivity contribution in [3.05, 3.63) is 65.0 Å². The van der Waals surface area contributed by atoms with Crippen molar-refractivity contribution in [1.82, 2.24) is 9.80 Å². The lowest BCUT2D eigenvalue weighted by Gasteiger charge is -2.35. The Morgan fingerprint density at radius 2 is 1.36 bits per heavy atom. The van der Waals surface area contributed by atoms with Gasteiger partial charge < -0.3 is 15.1 Å². The van der Waals surface area contributed by atoms with E-state index in [-0.39, 0.29) is 23.5 Å². The lowest BCUT2D eigenvalue weighted by atomic mass is 10.1. The average molecular weight is 383 g/mol. The van der Waals surface area contributed by atoms with Crippen molar-refractivity contribution >= 4 is 23.4 Å². The van der Waals surface area contributed by atoms with Gasteiger partial charge in [-0.2, -0.15) is 0 Å². The second-order valence-corrected chi connectivity index (χ2v) is 6.80. The number of carbonyl (C=O) groups is 3. The van der Waals surface area contributed by atoms with Crippen LogP contribution in [0.4, 0.5) is 10.1 Å². The van der Waals surface area contributed by atoms with Gasteiger partial charge in [-0.15, -0.1) is 0 Å². The zero-order valence-electron chi connectivity index (χ0n) is 15.9. The SMILES string of the molecule is CC(=O)Nc1cc(C(=O)N2CCN(C(=O)c3ccc(F)cc3)CC2)ccc1C. The van der Waals surface area contributed by atoms with E-state index in [0.717, 1.165) is 5.56 Å². The van der Waals surface area contributed by atoms with E-state index in [9.17, 15) is 18.8 Å². The highest BCUT2D eigenvalue weighted by molar-refractivity contribution is 5.98. The number of piperazine rings is 1. The molecule has 1 aliphatic rings. The van der Waals surface area contributed by atoms with Gasteiger partial charge in [0.1, 0.15) is 5.82 Å². The molecule has 2 aromatic rings. The van der Waals surface area contributed by atoms with Gasteiger partial charge in [0.15, 0.2) is 0 Å². The topological polar surface area (TPSA) is 69.7 Å². The molecule has 3 rings (SSSR count). The van der Waals surface area contributed by atoms with Crippen LogP contribution in [0.25, 0.3) is 0 Å². The van der Waals surface area contributed by atoms with E-state index in [0.29, 0.717) is 43.0 Å². The van der Waals surface area contributed by atoms with Gasteiger partial charge in [-0.25, -0.2) is 4.39 Å². The van der Waals surface area contributed by atoms with Gasteiger partial charge in [-0.3, -0.25) is 14.4 Å². The number of anilines is 1. The van der Waals surface area contributed by atoms with Gasteiger partial charge >= 0.3 is 0 Å². The highest BCUT2D eigenvalue weighted by Gasteiger charge is 2.25. The lowest BCUT2D eigenvalue weighted by molar-refractivity contribution is -0.114. The minimum Gasteiger partial charge on any atom is -0.335 e. The predicted molar refractivity (Wildman–Crippen MR) is 104 cm³/mol. The van der Waals surface area contributed by atoms with E-state index in [2.05, 4.69) is 5.32 Å². The Bertz CT molecular complexity index is 904. The van der Waals surface area contributed by atoms with E-state index in [4.69, 9.17) is 0 Å². The number of hydrogen-bond acceptors (Lipinski definition) is 3. The standard InChI is InChI=1S/C21H22FN3O3/c1-14-3-4-17(13-19(14)23-15(2)26)21(28)25-11-9-24(10-12-25)20(27)16-5-7-18(22)8-6-16/h3-8,13H,9-12H2,1-2H3,(H,23,26). The lowest BCUT2D eigenvalue weighted by Crippen LogP contribution is -2.50. The molecule has 1 aliphatic heterocycles. The molecule has 146 valence electrons. The maximum Gasteiger partial charge on any atom is 0.254 e. The zero-order chi connectivity index (χ0) is 20.3.